The van der Waals surface area contributed by atoms with Crippen LogP contribution in [0.25, 0.3) is 10.1 Å². The summed E-state index contributed by atoms with van der Waals surface area (Å²) in [5.41, 5.74) is 0. The fourth-order valence-corrected chi connectivity index (χ4v) is 2.52. The van der Waals surface area contributed by atoms with Crippen molar-refractivity contribution in [2.75, 3.05) is 0 Å². The van der Waals surface area contributed by atoms with Crippen LogP contribution in [-0.2, 0) is 0 Å². The van der Waals surface area contributed by atoms with Crippen molar-refractivity contribution in [2.45, 2.75) is 26.2 Å². The van der Waals surface area contributed by atoms with E-state index in [1.807, 2.05) is 23.7 Å². The summed E-state index contributed by atoms with van der Waals surface area (Å²) in [6, 6.07) is 4.35. The SMILES string of the molecule is CCC(C)c1cc2cnccc2s1. The molecule has 0 spiro atoms. The van der Waals surface area contributed by atoms with Gasteiger partial charge < -0.3 is 0 Å². The highest BCUT2D eigenvalue weighted by molar-refractivity contribution is 7.19. The Bertz CT molecular complexity index is 372. The number of rotatable bonds is 2. The normalized spacial score (nSPS) is 13.4. The molecule has 0 aliphatic heterocycles. The van der Waals surface area contributed by atoms with Crippen LogP contribution in [0.15, 0.2) is 24.5 Å². The summed E-state index contributed by atoms with van der Waals surface area (Å²) in [6.07, 6.45) is 5.01. The van der Waals surface area contributed by atoms with Crippen LogP contribution >= 0.6 is 11.3 Å². The topological polar surface area (TPSA) is 12.9 Å². The van der Waals surface area contributed by atoms with E-state index in [1.165, 1.54) is 21.4 Å². The van der Waals surface area contributed by atoms with Gasteiger partial charge in [-0.05, 0) is 24.5 Å². The van der Waals surface area contributed by atoms with Crippen LogP contribution in [0.5, 0.6) is 0 Å². The van der Waals surface area contributed by atoms with Gasteiger partial charge in [0.1, 0.15) is 0 Å². The lowest BCUT2D eigenvalue weighted by molar-refractivity contribution is 0.748. The Morgan fingerprint density at radius 3 is 3.08 bits per heavy atom. The molecule has 2 aromatic rings. The summed E-state index contributed by atoms with van der Waals surface area (Å²) in [5.74, 6) is 0.678. The van der Waals surface area contributed by atoms with Crippen LogP contribution in [0, 0.1) is 0 Å². The summed E-state index contributed by atoms with van der Waals surface area (Å²) in [4.78, 5) is 5.60. The largest absolute Gasteiger partial charge is 0.264 e. The van der Waals surface area contributed by atoms with Gasteiger partial charge in [-0.3, -0.25) is 4.98 Å². The molecule has 2 heteroatoms. The molecule has 0 aliphatic carbocycles. The van der Waals surface area contributed by atoms with E-state index in [0.29, 0.717) is 5.92 Å². The van der Waals surface area contributed by atoms with Gasteiger partial charge in [0.15, 0.2) is 0 Å². The van der Waals surface area contributed by atoms with Crippen LogP contribution in [0.2, 0.25) is 0 Å². The maximum Gasteiger partial charge on any atom is 0.0376 e. The van der Waals surface area contributed by atoms with E-state index in [-0.39, 0.29) is 0 Å². The summed E-state index contributed by atoms with van der Waals surface area (Å²) >= 11 is 1.89. The van der Waals surface area contributed by atoms with Gasteiger partial charge in [-0.15, -0.1) is 11.3 Å². The van der Waals surface area contributed by atoms with E-state index < -0.39 is 0 Å². The van der Waals surface area contributed by atoms with E-state index >= 15 is 0 Å². The van der Waals surface area contributed by atoms with Crippen molar-refractivity contribution in [3.63, 3.8) is 0 Å². The van der Waals surface area contributed by atoms with Gasteiger partial charge in [-0.25, -0.2) is 0 Å². The summed E-state index contributed by atoms with van der Waals surface area (Å²) in [6.45, 7) is 4.51. The average Bonchev–Trinajstić information content (AvgIpc) is 2.59. The van der Waals surface area contributed by atoms with Gasteiger partial charge in [-0.2, -0.15) is 0 Å². The van der Waals surface area contributed by atoms with E-state index in [2.05, 4.69) is 31.0 Å². The summed E-state index contributed by atoms with van der Waals surface area (Å²) < 4.78 is 1.35. The predicted octanol–water partition coefficient (Wildman–Crippen LogP) is 3.81. The highest BCUT2D eigenvalue weighted by Gasteiger charge is 2.06. The Morgan fingerprint density at radius 2 is 2.38 bits per heavy atom. The van der Waals surface area contributed by atoms with Gasteiger partial charge in [0.05, 0.1) is 0 Å². The number of pyridine rings is 1. The standard InChI is InChI=1S/C11H13NS/c1-3-8(2)11-6-9-7-12-5-4-10(9)13-11/h4-8H,3H2,1-2H3. The number of hydrogen-bond donors (Lipinski definition) is 0. The zero-order chi connectivity index (χ0) is 9.26. The molecule has 0 bridgehead atoms. The second kappa shape index (κ2) is 3.46. The van der Waals surface area contributed by atoms with Gasteiger partial charge in [-0.1, -0.05) is 13.8 Å². The number of nitrogens with zero attached hydrogens (tertiary/aromatic N) is 1. The Kier molecular flexibility index (Phi) is 2.32. The molecule has 0 aliphatic rings. The van der Waals surface area contributed by atoms with Gasteiger partial charge in [0, 0.05) is 27.4 Å². The van der Waals surface area contributed by atoms with Crippen molar-refractivity contribution in [1.82, 2.24) is 4.98 Å². The van der Waals surface area contributed by atoms with E-state index in [0.717, 1.165) is 0 Å². The minimum Gasteiger partial charge on any atom is -0.264 e. The van der Waals surface area contributed by atoms with Crippen LogP contribution < -0.4 is 0 Å². The molecule has 2 rings (SSSR count). The maximum atomic E-state index is 4.12. The quantitative estimate of drug-likeness (QED) is 0.703. The first kappa shape index (κ1) is 8.70. The zero-order valence-electron chi connectivity index (χ0n) is 7.95. The van der Waals surface area contributed by atoms with Crippen LogP contribution in [0.1, 0.15) is 31.1 Å². The fourth-order valence-electron chi connectivity index (χ4n) is 1.35. The number of fused-ring (bicyclic) bond motifs is 1. The lowest BCUT2D eigenvalue weighted by Gasteiger charge is -2.02. The third kappa shape index (κ3) is 1.59. The third-order valence-corrected chi connectivity index (χ3v) is 3.78. The maximum absolute atomic E-state index is 4.12. The highest BCUT2D eigenvalue weighted by atomic mass is 32.1. The van der Waals surface area contributed by atoms with Crippen molar-refractivity contribution in [2.24, 2.45) is 0 Å². The van der Waals surface area contributed by atoms with Gasteiger partial charge >= 0.3 is 0 Å². The van der Waals surface area contributed by atoms with E-state index in [9.17, 15) is 0 Å². The molecule has 2 heterocycles. The molecule has 2 aromatic heterocycles. The third-order valence-electron chi connectivity index (χ3n) is 2.43. The molecule has 0 fully saturated rings. The molecule has 0 saturated carbocycles. The second-order valence-electron chi connectivity index (χ2n) is 3.37. The molecule has 68 valence electrons. The zero-order valence-corrected chi connectivity index (χ0v) is 8.77. The molecule has 0 radical (unpaired) electrons. The molecule has 13 heavy (non-hydrogen) atoms. The smallest absolute Gasteiger partial charge is 0.0376 e. The van der Waals surface area contributed by atoms with Crippen LogP contribution in [0.4, 0.5) is 0 Å². The van der Waals surface area contributed by atoms with Crippen molar-refractivity contribution < 1.29 is 0 Å². The van der Waals surface area contributed by atoms with Crippen LogP contribution in [-0.4, -0.2) is 4.98 Å². The first-order chi connectivity index (χ1) is 6.31. The minimum absolute atomic E-state index is 0.678. The van der Waals surface area contributed by atoms with Crippen LogP contribution in [0.3, 0.4) is 0 Å². The Hall–Kier alpha value is -0.890. The highest BCUT2D eigenvalue weighted by Crippen LogP contribution is 2.31. The van der Waals surface area contributed by atoms with Crippen molar-refractivity contribution in [1.29, 1.82) is 0 Å². The fraction of sp³-hybridized carbons (Fsp3) is 0.364. The minimum atomic E-state index is 0.678. The van der Waals surface area contributed by atoms with Gasteiger partial charge in [0.2, 0.25) is 0 Å². The molecular formula is C11H13NS. The van der Waals surface area contributed by atoms with Crippen molar-refractivity contribution in [3.05, 3.63) is 29.4 Å². The molecule has 1 atom stereocenters. The first-order valence-corrected chi connectivity index (χ1v) is 5.46. The second-order valence-corrected chi connectivity index (χ2v) is 4.49. The Morgan fingerprint density at radius 1 is 1.54 bits per heavy atom. The summed E-state index contributed by atoms with van der Waals surface area (Å²) in [5, 5.41) is 1.28. The molecule has 0 N–H and O–H groups in total. The molecule has 0 saturated heterocycles. The average molecular weight is 191 g/mol. The lowest BCUT2D eigenvalue weighted by Crippen LogP contribution is -1.84. The van der Waals surface area contributed by atoms with Crippen molar-refractivity contribution >= 4 is 21.4 Å². The molecule has 1 unspecified atom stereocenters. The summed E-state index contributed by atoms with van der Waals surface area (Å²) in [7, 11) is 0. The van der Waals surface area contributed by atoms with E-state index in [1.54, 1.807) is 0 Å². The molecule has 0 amide bonds. The predicted molar refractivity (Wildman–Crippen MR) is 58.3 cm³/mol. The van der Waals surface area contributed by atoms with E-state index in [4.69, 9.17) is 0 Å². The lowest BCUT2D eigenvalue weighted by atomic mass is 10.1. The Labute approximate surface area is 82.4 Å². The number of hydrogen-bond acceptors (Lipinski definition) is 2. The molecular weight excluding hydrogens is 178 g/mol. The first-order valence-electron chi connectivity index (χ1n) is 4.64. The molecule has 0 aromatic carbocycles. The number of thiophene rings is 1. The monoisotopic (exact) mass is 191 g/mol. The van der Waals surface area contributed by atoms with Gasteiger partial charge in [0.25, 0.3) is 0 Å². The molecule has 1 nitrogen and oxygen atoms in total. The number of aromatic nitrogens is 1. The van der Waals surface area contributed by atoms with Crippen molar-refractivity contribution in [3.8, 4) is 0 Å². The Balaban J connectivity index is 2.49.